The second-order valence-corrected chi connectivity index (χ2v) is 5.75. The number of aromatic nitrogens is 1. The van der Waals surface area contributed by atoms with Crippen molar-refractivity contribution in [2.75, 3.05) is 6.54 Å². The number of carbonyl (C=O) groups is 2. The fourth-order valence-corrected chi connectivity index (χ4v) is 3.13. The highest BCUT2D eigenvalue weighted by molar-refractivity contribution is 9.11. The normalized spacial score (nSPS) is 19.0. The van der Waals surface area contributed by atoms with Crippen LogP contribution in [0.4, 0.5) is 0 Å². The lowest BCUT2D eigenvalue weighted by molar-refractivity contribution is -0.141. The molecule has 0 aromatic carbocycles. The molecule has 1 amide bonds. The SMILES string of the molecule is O=C(O)C1CCCN1C(=O)c1ncc(Br)cc1Br. The molecule has 1 aromatic heterocycles. The summed E-state index contributed by atoms with van der Waals surface area (Å²) in [6.45, 7) is 0.458. The number of nitrogens with zero attached hydrogens (tertiary/aromatic N) is 2. The van der Waals surface area contributed by atoms with Gasteiger partial charge in [-0.15, -0.1) is 0 Å². The molecule has 1 aromatic rings. The summed E-state index contributed by atoms with van der Waals surface area (Å²) >= 11 is 6.52. The number of hydrogen-bond acceptors (Lipinski definition) is 3. The van der Waals surface area contributed by atoms with Crippen LogP contribution in [0.5, 0.6) is 0 Å². The Hall–Kier alpha value is -0.950. The van der Waals surface area contributed by atoms with E-state index in [4.69, 9.17) is 5.11 Å². The van der Waals surface area contributed by atoms with Gasteiger partial charge < -0.3 is 10.0 Å². The summed E-state index contributed by atoms with van der Waals surface area (Å²) < 4.78 is 1.31. The zero-order valence-corrected chi connectivity index (χ0v) is 12.4. The molecule has 1 unspecified atom stereocenters. The van der Waals surface area contributed by atoms with Crippen LogP contribution in [0, 0.1) is 0 Å². The van der Waals surface area contributed by atoms with Gasteiger partial charge in [-0.3, -0.25) is 4.79 Å². The number of hydrogen-bond donors (Lipinski definition) is 1. The Labute approximate surface area is 120 Å². The molecule has 7 heteroatoms. The summed E-state index contributed by atoms with van der Waals surface area (Å²) in [5.74, 6) is -1.31. The number of carboxylic acids is 1. The Morgan fingerprint density at radius 2 is 2.17 bits per heavy atom. The molecule has 2 heterocycles. The molecule has 1 N–H and O–H groups in total. The van der Waals surface area contributed by atoms with E-state index in [0.29, 0.717) is 23.9 Å². The number of aliphatic carboxylic acids is 1. The lowest BCUT2D eigenvalue weighted by atomic mass is 10.2. The van der Waals surface area contributed by atoms with Crippen molar-refractivity contribution in [3.8, 4) is 0 Å². The molecule has 1 aliphatic heterocycles. The van der Waals surface area contributed by atoms with Gasteiger partial charge in [-0.2, -0.15) is 0 Å². The molecule has 96 valence electrons. The van der Waals surface area contributed by atoms with Gasteiger partial charge in [0.15, 0.2) is 0 Å². The van der Waals surface area contributed by atoms with Crippen molar-refractivity contribution in [1.29, 1.82) is 0 Å². The van der Waals surface area contributed by atoms with Crippen LogP contribution in [0.15, 0.2) is 21.2 Å². The van der Waals surface area contributed by atoms with Crippen LogP contribution >= 0.6 is 31.9 Å². The van der Waals surface area contributed by atoms with Crippen LogP contribution in [0.1, 0.15) is 23.3 Å². The van der Waals surface area contributed by atoms with Gasteiger partial charge in [-0.05, 0) is 50.8 Å². The highest BCUT2D eigenvalue weighted by Crippen LogP contribution is 2.25. The fraction of sp³-hybridized carbons (Fsp3) is 0.364. The molecule has 0 aliphatic carbocycles. The van der Waals surface area contributed by atoms with Gasteiger partial charge >= 0.3 is 5.97 Å². The average molecular weight is 378 g/mol. The van der Waals surface area contributed by atoms with E-state index in [0.717, 1.165) is 4.47 Å². The van der Waals surface area contributed by atoms with E-state index in [9.17, 15) is 9.59 Å². The van der Waals surface area contributed by atoms with E-state index >= 15 is 0 Å². The van der Waals surface area contributed by atoms with Crippen molar-refractivity contribution in [2.24, 2.45) is 0 Å². The van der Waals surface area contributed by atoms with Gasteiger partial charge in [0, 0.05) is 17.2 Å². The van der Waals surface area contributed by atoms with Gasteiger partial charge in [-0.1, -0.05) is 0 Å². The van der Waals surface area contributed by atoms with Crippen molar-refractivity contribution >= 4 is 43.7 Å². The summed E-state index contributed by atoms with van der Waals surface area (Å²) in [6.07, 6.45) is 2.72. The van der Waals surface area contributed by atoms with Crippen LogP contribution in [-0.4, -0.2) is 39.5 Å². The molecule has 0 saturated carbocycles. The van der Waals surface area contributed by atoms with Crippen LogP contribution < -0.4 is 0 Å². The van der Waals surface area contributed by atoms with E-state index in [1.165, 1.54) is 11.1 Å². The van der Waals surface area contributed by atoms with E-state index in [1.807, 2.05) is 0 Å². The van der Waals surface area contributed by atoms with Gasteiger partial charge in [0.2, 0.25) is 0 Å². The van der Waals surface area contributed by atoms with Gasteiger partial charge in [-0.25, -0.2) is 9.78 Å². The molecular weight excluding hydrogens is 368 g/mol. The first-order valence-electron chi connectivity index (χ1n) is 5.35. The first kappa shape index (κ1) is 13.5. The standard InChI is InChI=1S/C11H10Br2N2O3/c12-6-4-7(13)9(14-5-6)10(16)15-3-1-2-8(15)11(17)18/h4-5,8H,1-3H2,(H,17,18). The Morgan fingerprint density at radius 3 is 2.78 bits per heavy atom. The largest absolute Gasteiger partial charge is 0.480 e. The number of rotatable bonds is 2. The predicted octanol–water partition coefficient (Wildman–Crippen LogP) is 2.30. The zero-order valence-electron chi connectivity index (χ0n) is 9.27. The highest BCUT2D eigenvalue weighted by atomic mass is 79.9. The zero-order chi connectivity index (χ0) is 13.3. The van der Waals surface area contributed by atoms with E-state index in [-0.39, 0.29) is 11.6 Å². The molecule has 0 radical (unpaired) electrons. The van der Waals surface area contributed by atoms with E-state index < -0.39 is 12.0 Å². The number of likely N-dealkylation sites (tertiary alicyclic amines) is 1. The Bertz CT molecular complexity index is 507. The number of pyridine rings is 1. The molecule has 0 spiro atoms. The molecule has 1 atom stereocenters. The van der Waals surface area contributed by atoms with Gasteiger partial charge in [0.1, 0.15) is 11.7 Å². The first-order valence-corrected chi connectivity index (χ1v) is 6.94. The monoisotopic (exact) mass is 376 g/mol. The van der Waals surface area contributed by atoms with Crippen molar-refractivity contribution in [1.82, 2.24) is 9.88 Å². The summed E-state index contributed by atoms with van der Waals surface area (Å²) in [5.41, 5.74) is 0.242. The lowest BCUT2D eigenvalue weighted by Crippen LogP contribution is -2.40. The fourth-order valence-electron chi connectivity index (χ4n) is 1.97. The third-order valence-electron chi connectivity index (χ3n) is 2.81. The maximum Gasteiger partial charge on any atom is 0.326 e. The highest BCUT2D eigenvalue weighted by Gasteiger charge is 2.35. The molecule has 2 rings (SSSR count). The van der Waals surface area contributed by atoms with Crippen molar-refractivity contribution in [2.45, 2.75) is 18.9 Å². The van der Waals surface area contributed by atoms with Crippen LogP contribution in [0.3, 0.4) is 0 Å². The number of halogens is 2. The summed E-state index contributed by atoms with van der Waals surface area (Å²) in [7, 11) is 0. The van der Waals surface area contributed by atoms with Gasteiger partial charge in [0.25, 0.3) is 5.91 Å². The van der Waals surface area contributed by atoms with Crippen molar-refractivity contribution < 1.29 is 14.7 Å². The summed E-state index contributed by atoms with van der Waals surface area (Å²) in [5, 5.41) is 9.06. The smallest absolute Gasteiger partial charge is 0.326 e. The topological polar surface area (TPSA) is 70.5 Å². The first-order chi connectivity index (χ1) is 8.50. The predicted molar refractivity (Wildman–Crippen MR) is 71.3 cm³/mol. The quantitative estimate of drug-likeness (QED) is 0.858. The van der Waals surface area contributed by atoms with Crippen molar-refractivity contribution in [3.63, 3.8) is 0 Å². The molecule has 1 aliphatic rings. The second kappa shape index (κ2) is 5.36. The summed E-state index contributed by atoms with van der Waals surface area (Å²) in [6, 6.07) is 0.973. The minimum absolute atomic E-state index is 0.242. The maximum absolute atomic E-state index is 12.2. The summed E-state index contributed by atoms with van der Waals surface area (Å²) in [4.78, 5) is 28.7. The number of amides is 1. The van der Waals surface area contributed by atoms with Crippen molar-refractivity contribution in [3.05, 3.63) is 26.9 Å². The minimum Gasteiger partial charge on any atom is -0.480 e. The molecular formula is C11H10Br2N2O3. The lowest BCUT2D eigenvalue weighted by Gasteiger charge is -2.21. The average Bonchev–Trinajstić information content (AvgIpc) is 2.77. The third kappa shape index (κ3) is 2.56. The maximum atomic E-state index is 12.2. The molecule has 5 nitrogen and oxygen atoms in total. The van der Waals surface area contributed by atoms with Crippen LogP contribution in [-0.2, 0) is 4.79 Å². The Morgan fingerprint density at radius 1 is 1.44 bits per heavy atom. The van der Waals surface area contributed by atoms with Gasteiger partial charge in [0.05, 0.1) is 4.47 Å². The number of carboxylic acid groups (broad SMARTS) is 1. The molecule has 0 bridgehead atoms. The van der Waals surface area contributed by atoms with E-state index in [1.54, 1.807) is 6.07 Å². The molecule has 1 saturated heterocycles. The number of carbonyl (C=O) groups excluding carboxylic acids is 1. The molecule has 1 fully saturated rings. The second-order valence-electron chi connectivity index (χ2n) is 3.98. The Balaban J connectivity index is 2.28. The minimum atomic E-state index is -0.964. The molecule has 18 heavy (non-hydrogen) atoms. The Kier molecular flexibility index (Phi) is 4.01. The van der Waals surface area contributed by atoms with Crippen LogP contribution in [0.25, 0.3) is 0 Å². The van der Waals surface area contributed by atoms with E-state index in [2.05, 4.69) is 36.8 Å². The van der Waals surface area contributed by atoms with Crippen LogP contribution in [0.2, 0.25) is 0 Å². The third-order valence-corrected chi connectivity index (χ3v) is 3.85.